The van der Waals surface area contributed by atoms with Gasteiger partial charge in [-0.25, -0.2) is 33.8 Å². The first-order chi connectivity index (χ1) is 69.7. The summed E-state index contributed by atoms with van der Waals surface area (Å²) in [7, 11) is 8.38. The van der Waals surface area contributed by atoms with Crippen molar-refractivity contribution < 1.29 is 129 Å². The van der Waals surface area contributed by atoms with Crippen molar-refractivity contribution >= 4 is 119 Å². The Morgan fingerprint density at radius 2 is 0.694 bits per heavy atom. The van der Waals surface area contributed by atoms with E-state index in [0.29, 0.717) is 175 Å². The average molecular weight is 2050 g/mol. The second-order valence-electron chi connectivity index (χ2n) is 35.7. The summed E-state index contributed by atoms with van der Waals surface area (Å²) in [6.45, 7) is 28.5. The first-order valence-corrected chi connectivity index (χ1v) is 53.1. The number of aromatic nitrogens is 1. The summed E-state index contributed by atoms with van der Waals surface area (Å²) < 4.78 is 86.8. The van der Waals surface area contributed by atoms with Crippen LogP contribution in [0.3, 0.4) is 0 Å². The molecule has 3 heterocycles. The topological polar surface area (TPSA) is 348 Å². The first-order valence-electron chi connectivity index (χ1n) is 50.7. The van der Waals surface area contributed by atoms with Gasteiger partial charge in [-0.15, -0.1) is 34.0 Å². The van der Waals surface area contributed by atoms with E-state index in [1.807, 2.05) is 67.0 Å². The number of unbranched alkanes of at least 4 members (excludes halogenated alkanes) is 11. The molecule has 4 aliphatic rings. The summed E-state index contributed by atoms with van der Waals surface area (Å²) in [6, 6.07) is 29.6. The molecule has 0 saturated heterocycles. The number of methoxy groups -OCH3 is 5. The van der Waals surface area contributed by atoms with Crippen molar-refractivity contribution in [3.05, 3.63) is 171 Å². The Balaban J connectivity index is 0.000000277. The lowest BCUT2D eigenvalue weighted by Gasteiger charge is -2.27. The second-order valence-corrected chi connectivity index (χ2v) is 38.9. The molecule has 0 bridgehead atoms. The van der Waals surface area contributed by atoms with Gasteiger partial charge < -0.3 is 75.8 Å². The van der Waals surface area contributed by atoms with Crippen molar-refractivity contribution in [1.82, 2.24) is 4.98 Å². The number of rotatable bonds is 54. The fourth-order valence-corrected chi connectivity index (χ4v) is 19.9. The molecule has 0 aliphatic heterocycles. The number of nitrogens with zero attached hydrogens (tertiary/aromatic N) is 1. The predicted octanol–water partition coefficient (Wildman–Crippen LogP) is 24.6. The molecule has 31 heteroatoms. The zero-order chi connectivity index (χ0) is 105. The molecule has 1 unspecified atom stereocenters. The van der Waals surface area contributed by atoms with Crippen LogP contribution in [0.15, 0.2) is 160 Å². The molecular formula is C113H153NO27S3. The van der Waals surface area contributed by atoms with Crippen molar-refractivity contribution in [3.63, 3.8) is 0 Å². The van der Waals surface area contributed by atoms with Gasteiger partial charge in [-0.05, 0) is 315 Å². The number of carbonyl (C=O) groups excluding carboxylic acids is 11. The highest BCUT2D eigenvalue weighted by molar-refractivity contribution is 7.32. The highest BCUT2D eigenvalue weighted by Crippen LogP contribution is 2.47. The maximum atomic E-state index is 13.3. The van der Waals surface area contributed by atoms with E-state index in [1.165, 1.54) is 82.7 Å². The van der Waals surface area contributed by atoms with Crippen LogP contribution in [0.5, 0.6) is 40.2 Å². The van der Waals surface area contributed by atoms with E-state index < -0.39 is 11.9 Å². The molecule has 790 valence electrons. The van der Waals surface area contributed by atoms with Gasteiger partial charge in [0, 0.05) is 70.7 Å². The monoisotopic (exact) mass is 2050 g/mol. The van der Waals surface area contributed by atoms with Gasteiger partial charge in [-0.3, -0.25) is 24.0 Å². The van der Waals surface area contributed by atoms with E-state index in [4.69, 9.17) is 80.8 Å². The quantitative estimate of drug-likeness (QED) is 0.0112. The molecule has 0 amide bonds. The summed E-state index contributed by atoms with van der Waals surface area (Å²) in [5, 5.41) is 0.785. The molecule has 4 aromatic carbocycles. The van der Waals surface area contributed by atoms with E-state index in [-0.39, 0.29) is 82.9 Å². The number of esters is 9. The summed E-state index contributed by atoms with van der Waals surface area (Å²) >= 11 is 4.95. The van der Waals surface area contributed by atoms with Gasteiger partial charge in [-0.2, -0.15) is 0 Å². The minimum absolute atomic E-state index is 0.0139. The Kier molecular flexibility index (Phi) is 60.0. The van der Waals surface area contributed by atoms with E-state index in [0.717, 1.165) is 166 Å². The van der Waals surface area contributed by atoms with E-state index in [1.54, 1.807) is 90.0 Å². The molecule has 11 rings (SSSR count). The third-order valence-corrected chi connectivity index (χ3v) is 29.1. The maximum Gasteiger partial charge on any atom is 0.338 e. The number of hydrogen-bond acceptors (Lipinski definition) is 31. The fraction of sp³-hybridized carbons (Fsp3) is 0.540. The maximum absolute atomic E-state index is 13.3. The van der Waals surface area contributed by atoms with Crippen LogP contribution in [0.1, 0.15) is 267 Å². The van der Waals surface area contributed by atoms with Gasteiger partial charge in [0.25, 0.3) is 0 Å². The smallest absolute Gasteiger partial charge is 0.338 e. The van der Waals surface area contributed by atoms with Gasteiger partial charge in [-0.1, -0.05) is 72.4 Å². The zero-order valence-electron chi connectivity index (χ0n) is 86.0. The molecule has 4 aliphatic carbocycles. The molecular weight excluding hydrogens is 1900 g/mol. The van der Waals surface area contributed by atoms with Crippen LogP contribution in [-0.2, 0) is 90.6 Å². The molecule has 0 spiro atoms. The molecule has 28 nitrogen and oxygen atoms in total. The summed E-state index contributed by atoms with van der Waals surface area (Å²) in [6.07, 6.45) is 38.1. The summed E-state index contributed by atoms with van der Waals surface area (Å²) in [5.74, 6) is 3.17. The molecule has 4 fully saturated rings. The lowest BCUT2D eigenvalue weighted by Crippen LogP contribution is -2.28. The Morgan fingerprint density at radius 1 is 0.361 bits per heavy atom. The van der Waals surface area contributed by atoms with Crippen molar-refractivity contribution in [2.24, 2.45) is 35.5 Å². The Bertz CT molecular complexity index is 4900. The predicted molar refractivity (Wildman–Crippen MR) is 562 cm³/mol. The molecule has 3 aromatic heterocycles. The van der Waals surface area contributed by atoms with Gasteiger partial charge in [0.15, 0.2) is 11.5 Å². The number of thiophene rings is 2. The van der Waals surface area contributed by atoms with Gasteiger partial charge >= 0.3 is 53.7 Å². The van der Waals surface area contributed by atoms with E-state index in [9.17, 15) is 52.7 Å². The van der Waals surface area contributed by atoms with Crippen LogP contribution in [0.25, 0.3) is 29.5 Å². The Labute approximate surface area is 862 Å². The van der Waals surface area contributed by atoms with E-state index in [2.05, 4.69) is 58.9 Å². The normalized spacial score (nSPS) is 17.3. The molecule has 0 radical (unpaired) electrons. The summed E-state index contributed by atoms with van der Waals surface area (Å²) in [5.41, 5.74) is 1.01. The Hall–Kier alpha value is -11.4. The molecule has 7 aromatic rings. The third-order valence-electron chi connectivity index (χ3n) is 25.3. The highest BCUT2D eigenvalue weighted by atomic mass is 32.1. The minimum atomic E-state index is -0.420. The fourth-order valence-electron chi connectivity index (χ4n) is 16.2. The molecule has 4 saturated carbocycles. The van der Waals surface area contributed by atoms with Crippen LogP contribution in [0.2, 0.25) is 0 Å². The molecule has 1 atom stereocenters. The van der Waals surface area contributed by atoms with Gasteiger partial charge in [0.2, 0.25) is 0 Å². The van der Waals surface area contributed by atoms with Crippen LogP contribution in [0.4, 0.5) is 0 Å². The molecule has 0 N–H and O–H groups in total. The second kappa shape index (κ2) is 71.2. The minimum Gasteiger partial charge on any atom is -0.497 e. The zero-order valence-corrected chi connectivity index (χ0v) is 88.4. The largest absolute Gasteiger partial charge is 0.497 e. The van der Waals surface area contributed by atoms with Crippen molar-refractivity contribution in [1.29, 1.82) is 0 Å². The number of fused-ring (bicyclic) bond motifs is 2. The lowest BCUT2D eigenvalue weighted by molar-refractivity contribution is -0.151. The third kappa shape index (κ3) is 47.2. The lowest BCUT2D eigenvalue weighted by atomic mass is 9.80. The van der Waals surface area contributed by atoms with Crippen LogP contribution >= 0.6 is 34.0 Å². The van der Waals surface area contributed by atoms with E-state index >= 15 is 0 Å². The number of hydrogen-bond donors (Lipinski definition) is 0. The number of Topliss-reactive ketones (excluding diaryl/α,β-unsaturated/α-hetero) is 2. The molecule has 144 heavy (non-hydrogen) atoms. The SMILES string of the molecule is C=CC(=O)OCCCCCCC1CCC(OC)CC1.C=CC(=O)OCCCCCCOC(=O)c1ccc(OC)cc1.C=CC(=O)OCCCCCCOc1ccc(OC)cc1.C=CC(=O)OCCCCOC(=O)C1CCC(OC)CC1.C=CC(=O)OCCCCOc1ccc(OC)cc1.CCC(C)c1cc2sc(-c3nc4c(OC(=O)C5CCC(C(C)=O)CC5)ccc(OC(=O)C5CCC(C(C)=O)CC5)c4s3)cc2s1. The van der Waals surface area contributed by atoms with Crippen molar-refractivity contribution in [2.75, 3.05) is 95.0 Å². The van der Waals surface area contributed by atoms with Gasteiger partial charge in [0.05, 0.1) is 121 Å². The van der Waals surface area contributed by atoms with Crippen LogP contribution < -0.4 is 33.2 Å². The number of benzene rings is 4. The average Bonchev–Trinajstić information content (AvgIpc) is 1.61. The number of carbonyl (C=O) groups is 11. The standard InChI is InChI=1S/C35H39NO6S3.C17H22O5.C16H22O4.C16H28O3.C15H24O5.C14H18O4/c1-5-18(2)27-16-28-29(43-27)17-30(44-28)33-36-31-25(41-34(39)23-10-6-21(7-11-23)19(3)37)14-15-26(32(31)45-33)42-35(40)24-12-8-22(9-13-24)20(4)38;1-3-16(18)21-12-6-4-5-7-13-22-17(19)14-8-10-15(20-2)11-9-14;1-3-16(17)20-13-7-5-4-6-12-19-15-10-8-14(18-2)9-11-15;1-3-16(17)19-13-7-5-4-6-8-14-9-11-15(18-2)12-10-14;1-3-14(16)19-10-4-5-11-20-15(17)12-6-8-13(18-2)9-7-12;1-3-14(15)18-11-5-4-10-17-13-8-6-12(16-2)7-9-13/h14-18,21-24H,5-13H2,1-4H3;3,8-11H,1,4-7,12-13H2,2H3;3,8-11H,1,4-7,12-13H2,2H3;3,14-15H,1,4-13H2,2H3;3,12-13H,1,4-11H2,2H3;3,6-9H,1,4-5,10-11H2,2H3. The first kappa shape index (κ1) is 121. The number of ketones is 2. The summed E-state index contributed by atoms with van der Waals surface area (Å²) in [4.78, 5) is 135. The van der Waals surface area contributed by atoms with Gasteiger partial charge in [0.1, 0.15) is 55.5 Å². The van der Waals surface area contributed by atoms with Crippen LogP contribution in [-0.4, -0.2) is 177 Å². The number of thiazole rings is 1. The Morgan fingerprint density at radius 3 is 1.09 bits per heavy atom. The number of ether oxygens (including phenoxy) is 16. The highest BCUT2D eigenvalue weighted by Gasteiger charge is 2.34. The van der Waals surface area contributed by atoms with Crippen molar-refractivity contribution in [2.45, 2.75) is 264 Å². The van der Waals surface area contributed by atoms with Crippen molar-refractivity contribution in [3.8, 4) is 50.1 Å². The van der Waals surface area contributed by atoms with Crippen LogP contribution in [0, 0.1) is 35.5 Å².